The first-order chi connectivity index (χ1) is 12.1. The molecule has 1 saturated heterocycles. The van der Waals surface area contributed by atoms with Crippen molar-refractivity contribution in [2.45, 2.75) is 43.4 Å². The molecule has 1 N–H and O–H groups in total. The quantitative estimate of drug-likeness (QED) is 0.932. The van der Waals surface area contributed by atoms with Crippen LogP contribution >= 0.6 is 0 Å². The Balaban J connectivity index is 1.56. The minimum atomic E-state index is -0.358. The molecule has 0 radical (unpaired) electrons. The molecule has 1 saturated carbocycles. The van der Waals surface area contributed by atoms with Crippen molar-refractivity contribution in [2.24, 2.45) is 0 Å². The Morgan fingerprint density at radius 3 is 2.76 bits per heavy atom. The van der Waals surface area contributed by atoms with Crippen molar-refractivity contribution in [1.82, 2.24) is 4.90 Å². The van der Waals surface area contributed by atoms with Gasteiger partial charge in [-0.1, -0.05) is 12.1 Å². The molecule has 2 aliphatic rings. The standard InChI is InChI=1S/C20H23NO4/c1-24-20-9-8-16(22)13-18(20)21(11-10-20)19(23)15-6-4-14(5-7-15)17-3-2-12-25-17/h2-7,12,16,18,22H,8-11,13H2,1H3/t16-,18+,20-/m0/s1. The van der Waals surface area contributed by atoms with Crippen LogP contribution in [-0.4, -0.2) is 47.3 Å². The fraction of sp³-hybridized carbons (Fsp3) is 0.450. The molecule has 3 atom stereocenters. The summed E-state index contributed by atoms with van der Waals surface area (Å²) in [6.07, 6.45) is 4.24. The number of methoxy groups -OCH3 is 1. The second kappa shape index (κ2) is 6.32. The zero-order valence-corrected chi connectivity index (χ0v) is 14.4. The van der Waals surface area contributed by atoms with Crippen LogP contribution in [0.4, 0.5) is 0 Å². The molecule has 2 aromatic rings. The number of aliphatic hydroxyl groups excluding tert-OH is 1. The molecule has 2 heterocycles. The van der Waals surface area contributed by atoms with Gasteiger partial charge in [0.15, 0.2) is 0 Å². The number of furan rings is 1. The van der Waals surface area contributed by atoms with Gasteiger partial charge in [0.05, 0.1) is 24.0 Å². The molecule has 1 amide bonds. The van der Waals surface area contributed by atoms with Gasteiger partial charge in [0, 0.05) is 24.8 Å². The first-order valence-electron chi connectivity index (χ1n) is 8.81. The van der Waals surface area contributed by atoms with Gasteiger partial charge in [-0.3, -0.25) is 4.79 Å². The molecule has 2 fully saturated rings. The number of likely N-dealkylation sites (tertiary alicyclic amines) is 1. The van der Waals surface area contributed by atoms with Gasteiger partial charge in [-0.15, -0.1) is 0 Å². The van der Waals surface area contributed by atoms with E-state index in [4.69, 9.17) is 9.15 Å². The van der Waals surface area contributed by atoms with Crippen LogP contribution in [0.1, 0.15) is 36.0 Å². The summed E-state index contributed by atoms with van der Waals surface area (Å²) in [6, 6.07) is 11.2. The second-order valence-corrected chi connectivity index (χ2v) is 7.02. The first-order valence-corrected chi connectivity index (χ1v) is 8.81. The summed E-state index contributed by atoms with van der Waals surface area (Å²) in [7, 11) is 1.72. The summed E-state index contributed by atoms with van der Waals surface area (Å²) in [5.74, 6) is 0.790. The minimum absolute atomic E-state index is 0.00372. The Kier molecular flexibility index (Phi) is 4.13. The van der Waals surface area contributed by atoms with Gasteiger partial charge in [-0.05, 0) is 49.9 Å². The molecule has 1 aliphatic carbocycles. The van der Waals surface area contributed by atoms with Gasteiger partial charge in [0.2, 0.25) is 0 Å². The highest BCUT2D eigenvalue weighted by Gasteiger charge is 2.52. The Labute approximate surface area is 147 Å². The fourth-order valence-electron chi connectivity index (χ4n) is 4.31. The van der Waals surface area contributed by atoms with Gasteiger partial charge < -0.3 is 19.2 Å². The van der Waals surface area contributed by atoms with Crippen molar-refractivity contribution in [3.63, 3.8) is 0 Å². The predicted molar refractivity (Wildman–Crippen MR) is 93.2 cm³/mol. The lowest BCUT2D eigenvalue weighted by Gasteiger charge is -2.42. The van der Waals surface area contributed by atoms with Crippen molar-refractivity contribution >= 4 is 5.91 Å². The average Bonchev–Trinajstić information content (AvgIpc) is 3.30. The molecular weight excluding hydrogens is 318 g/mol. The third-order valence-corrected chi connectivity index (χ3v) is 5.76. The summed E-state index contributed by atoms with van der Waals surface area (Å²) in [5, 5.41) is 10.1. The van der Waals surface area contributed by atoms with Crippen molar-refractivity contribution in [2.75, 3.05) is 13.7 Å². The van der Waals surface area contributed by atoms with Crippen LogP contribution in [0.2, 0.25) is 0 Å². The zero-order chi connectivity index (χ0) is 17.4. The largest absolute Gasteiger partial charge is 0.464 e. The van der Waals surface area contributed by atoms with Crippen LogP contribution < -0.4 is 0 Å². The van der Waals surface area contributed by atoms with Crippen molar-refractivity contribution in [3.8, 4) is 11.3 Å². The van der Waals surface area contributed by atoms with Crippen LogP contribution in [0, 0.1) is 0 Å². The minimum Gasteiger partial charge on any atom is -0.464 e. The normalized spacial score (nSPS) is 28.8. The van der Waals surface area contributed by atoms with E-state index in [9.17, 15) is 9.90 Å². The number of hydrogen-bond acceptors (Lipinski definition) is 4. The number of rotatable bonds is 3. The SMILES string of the molecule is CO[C@]12CC[C@H](O)C[C@H]1N(C(=O)c1ccc(-c3ccco3)cc1)CC2. The lowest BCUT2D eigenvalue weighted by molar-refractivity contribution is -0.0824. The number of carbonyl (C=O) groups excluding carboxylic acids is 1. The number of benzene rings is 1. The summed E-state index contributed by atoms with van der Waals surface area (Å²) in [6.45, 7) is 0.671. The third kappa shape index (κ3) is 2.77. The Morgan fingerprint density at radius 1 is 1.28 bits per heavy atom. The molecule has 4 rings (SSSR count). The van der Waals surface area contributed by atoms with Crippen LogP contribution in [0.3, 0.4) is 0 Å². The average molecular weight is 341 g/mol. The van der Waals surface area contributed by atoms with E-state index in [1.807, 2.05) is 41.3 Å². The summed E-state index contributed by atoms with van der Waals surface area (Å²) in [5.41, 5.74) is 1.30. The Hall–Kier alpha value is -2.11. The first kappa shape index (κ1) is 16.4. The highest BCUT2D eigenvalue weighted by Crippen LogP contribution is 2.43. The number of nitrogens with zero attached hydrogens (tertiary/aromatic N) is 1. The van der Waals surface area contributed by atoms with Crippen molar-refractivity contribution in [3.05, 3.63) is 48.2 Å². The Bertz CT molecular complexity index is 740. The number of amides is 1. The van der Waals surface area contributed by atoms with E-state index in [1.54, 1.807) is 13.4 Å². The van der Waals surface area contributed by atoms with E-state index in [-0.39, 0.29) is 23.7 Å². The summed E-state index contributed by atoms with van der Waals surface area (Å²) in [4.78, 5) is 14.9. The maximum absolute atomic E-state index is 13.0. The molecule has 1 aliphatic heterocycles. The molecule has 25 heavy (non-hydrogen) atoms. The summed E-state index contributed by atoms with van der Waals surface area (Å²) >= 11 is 0. The molecule has 1 aromatic heterocycles. The van der Waals surface area contributed by atoms with Crippen molar-refractivity contribution < 1.29 is 19.1 Å². The summed E-state index contributed by atoms with van der Waals surface area (Å²) < 4.78 is 11.2. The number of hydrogen-bond donors (Lipinski definition) is 1. The number of fused-ring (bicyclic) bond motifs is 1. The van der Waals surface area contributed by atoms with E-state index < -0.39 is 0 Å². The van der Waals surface area contributed by atoms with Gasteiger partial charge in [0.25, 0.3) is 5.91 Å². The molecule has 5 heteroatoms. The van der Waals surface area contributed by atoms with Gasteiger partial charge in [0.1, 0.15) is 5.76 Å². The molecular formula is C20H23NO4. The number of ether oxygens (including phenoxy) is 1. The van der Waals surface area contributed by atoms with Crippen LogP contribution in [0.25, 0.3) is 11.3 Å². The zero-order valence-electron chi connectivity index (χ0n) is 14.4. The Morgan fingerprint density at radius 2 is 2.08 bits per heavy atom. The number of carbonyl (C=O) groups is 1. The molecule has 1 aromatic carbocycles. The number of aliphatic hydroxyl groups is 1. The van der Waals surface area contributed by atoms with Gasteiger partial charge >= 0.3 is 0 Å². The van der Waals surface area contributed by atoms with Gasteiger partial charge in [-0.25, -0.2) is 0 Å². The maximum Gasteiger partial charge on any atom is 0.254 e. The molecule has 5 nitrogen and oxygen atoms in total. The van der Waals surface area contributed by atoms with E-state index in [2.05, 4.69) is 0 Å². The van der Waals surface area contributed by atoms with Crippen LogP contribution in [0.15, 0.2) is 47.1 Å². The van der Waals surface area contributed by atoms with E-state index in [0.29, 0.717) is 18.5 Å². The molecule has 0 unspecified atom stereocenters. The lowest BCUT2D eigenvalue weighted by Crippen LogP contribution is -2.52. The third-order valence-electron chi connectivity index (χ3n) is 5.76. The molecule has 0 bridgehead atoms. The monoisotopic (exact) mass is 341 g/mol. The second-order valence-electron chi connectivity index (χ2n) is 7.02. The molecule has 132 valence electrons. The highest BCUT2D eigenvalue weighted by atomic mass is 16.5. The predicted octanol–water partition coefficient (Wildman–Crippen LogP) is 3.09. The van der Waals surface area contributed by atoms with E-state index >= 15 is 0 Å². The van der Waals surface area contributed by atoms with E-state index in [1.165, 1.54) is 0 Å². The lowest BCUT2D eigenvalue weighted by atomic mass is 9.79. The van der Waals surface area contributed by atoms with Crippen LogP contribution in [0.5, 0.6) is 0 Å². The smallest absolute Gasteiger partial charge is 0.254 e. The highest BCUT2D eigenvalue weighted by molar-refractivity contribution is 5.95. The van der Waals surface area contributed by atoms with Crippen molar-refractivity contribution in [1.29, 1.82) is 0 Å². The molecule has 0 spiro atoms. The maximum atomic E-state index is 13.0. The van der Waals surface area contributed by atoms with Crippen LogP contribution in [-0.2, 0) is 4.74 Å². The van der Waals surface area contributed by atoms with E-state index in [0.717, 1.165) is 30.6 Å². The fourth-order valence-corrected chi connectivity index (χ4v) is 4.31. The topological polar surface area (TPSA) is 62.9 Å². The van der Waals surface area contributed by atoms with Gasteiger partial charge in [-0.2, -0.15) is 0 Å².